The van der Waals surface area contributed by atoms with Crippen molar-refractivity contribution in [2.75, 3.05) is 13.7 Å². The summed E-state index contributed by atoms with van der Waals surface area (Å²) < 4.78 is 17.8. The predicted octanol–water partition coefficient (Wildman–Crippen LogP) is 2.99. The maximum absolute atomic E-state index is 13.1. The number of rotatable bonds is 6. The van der Waals surface area contributed by atoms with E-state index in [4.69, 9.17) is 0 Å². The molecule has 1 N–H and O–H groups in total. The van der Waals surface area contributed by atoms with Crippen LogP contribution in [0.1, 0.15) is 31.9 Å². The molecular formula is C15H20FNO2. The van der Waals surface area contributed by atoms with Crippen molar-refractivity contribution in [2.24, 2.45) is 0 Å². The lowest BCUT2D eigenvalue weighted by Crippen LogP contribution is -2.19. The van der Waals surface area contributed by atoms with Crippen LogP contribution in [0.25, 0.3) is 0 Å². The van der Waals surface area contributed by atoms with Crippen molar-refractivity contribution in [2.45, 2.75) is 26.3 Å². The average Bonchev–Trinajstić information content (AvgIpc) is 2.42. The van der Waals surface area contributed by atoms with Crippen molar-refractivity contribution in [3.63, 3.8) is 0 Å². The fourth-order valence-electron chi connectivity index (χ4n) is 1.76. The van der Waals surface area contributed by atoms with Gasteiger partial charge in [-0.1, -0.05) is 25.1 Å². The molecule has 0 saturated carbocycles. The number of hydrogen-bond acceptors (Lipinski definition) is 3. The molecule has 3 nitrogen and oxygen atoms in total. The monoisotopic (exact) mass is 265 g/mol. The van der Waals surface area contributed by atoms with Crippen LogP contribution in [-0.4, -0.2) is 19.6 Å². The lowest BCUT2D eigenvalue weighted by molar-refractivity contribution is -0.136. The minimum atomic E-state index is -0.303. The number of carbonyl (C=O) groups is 1. The second-order valence-electron chi connectivity index (χ2n) is 4.26. The van der Waals surface area contributed by atoms with Crippen LogP contribution in [0.2, 0.25) is 0 Å². The number of benzene rings is 1. The second-order valence-corrected chi connectivity index (χ2v) is 4.26. The number of methoxy groups -OCH3 is 1. The van der Waals surface area contributed by atoms with E-state index < -0.39 is 0 Å². The van der Waals surface area contributed by atoms with E-state index in [1.807, 2.05) is 26.0 Å². The number of esters is 1. The zero-order valence-corrected chi connectivity index (χ0v) is 11.6. The van der Waals surface area contributed by atoms with E-state index in [9.17, 15) is 9.18 Å². The molecule has 0 heterocycles. The smallest absolute Gasteiger partial charge is 0.333 e. The number of ether oxygens (including phenoxy) is 1. The zero-order valence-electron chi connectivity index (χ0n) is 11.6. The van der Waals surface area contributed by atoms with Crippen LogP contribution >= 0.6 is 0 Å². The molecule has 0 bridgehead atoms. The Labute approximate surface area is 113 Å². The van der Waals surface area contributed by atoms with Gasteiger partial charge in [-0.2, -0.15) is 0 Å². The van der Waals surface area contributed by atoms with Gasteiger partial charge in [-0.05, 0) is 31.0 Å². The fraction of sp³-hybridized carbons (Fsp3) is 0.400. The third-order valence-corrected chi connectivity index (χ3v) is 2.95. The highest BCUT2D eigenvalue weighted by Gasteiger charge is 2.08. The van der Waals surface area contributed by atoms with Gasteiger partial charge < -0.3 is 10.1 Å². The highest BCUT2D eigenvalue weighted by molar-refractivity contribution is 5.88. The summed E-state index contributed by atoms with van der Waals surface area (Å²) in [5.41, 5.74) is 1.52. The fourth-order valence-corrected chi connectivity index (χ4v) is 1.76. The van der Waals surface area contributed by atoms with Gasteiger partial charge >= 0.3 is 5.97 Å². The van der Waals surface area contributed by atoms with Gasteiger partial charge in [-0.3, -0.25) is 0 Å². The summed E-state index contributed by atoms with van der Waals surface area (Å²) in [5, 5.41) is 3.22. The summed E-state index contributed by atoms with van der Waals surface area (Å²) in [6, 6.07) is 6.49. The summed E-state index contributed by atoms with van der Waals surface area (Å²) >= 11 is 0. The van der Waals surface area contributed by atoms with E-state index in [2.05, 4.69) is 10.1 Å². The molecule has 1 aromatic rings. The van der Waals surface area contributed by atoms with Gasteiger partial charge in [0.15, 0.2) is 0 Å². The highest BCUT2D eigenvalue weighted by Crippen LogP contribution is 2.13. The second kappa shape index (κ2) is 7.69. The molecule has 0 spiro atoms. The topological polar surface area (TPSA) is 38.3 Å². The Kier molecular flexibility index (Phi) is 6.22. The molecule has 4 heteroatoms. The van der Waals surface area contributed by atoms with E-state index in [1.54, 1.807) is 6.07 Å². The van der Waals surface area contributed by atoms with Crippen molar-refractivity contribution >= 4 is 5.97 Å². The van der Waals surface area contributed by atoms with Crippen LogP contribution in [0.5, 0.6) is 0 Å². The first-order chi connectivity index (χ1) is 9.08. The number of nitrogens with one attached hydrogen (secondary N) is 1. The Morgan fingerprint density at radius 2 is 2.26 bits per heavy atom. The van der Waals surface area contributed by atoms with Crippen molar-refractivity contribution < 1.29 is 13.9 Å². The summed E-state index contributed by atoms with van der Waals surface area (Å²) in [7, 11) is 1.37. The SMILES string of the molecule is CC/C(=C/CN[C@H](C)c1cccc(F)c1)C(=O)OC. The first kappa shape index (κ1) is 15.4. The molecule has 0 aliphatic carbocycles. The largest absolute Gasteiger partial charge is 0.466 e. The normalized spacial score (nSPS) is 13.2. The zero-order chi connectivity index (χ0) is 14.3. The molecule has 0 radical (unpaired) electrons. The molecule has 0 amide bonds. The van der Waals surface area contributed by atoms with Gasteiger partial charge in [0.2, 0.25) is 0 Å². The lowest BCUT2D eigenvalue weighted by atomic mass is 10.1. The lowest BCUT2D eigenvalue weighted by Gasteiger charge is -2.13. The molecule has 0 unspecified atom stereocenters. The van der Waals surface area contributed by atoms with Gasteiger partial charge in [0.25, 0.3) is 0 Å². The van der Waals surface area contributed by atoms with Gasteiger partial charge in [0, 0.05) is 18.2 Å². The molecule has 0 fully saturated rings. The van der Waals surface area contributed by atoms with Crippen LogP contribution in [-0.2, 0) is 9.53 Å². The Morgan fingerprint density at radius 3 is 2.84 bits per heavy atom. The molecule has 1 atom stereocenters. The third kappa shape index (κ3) is 4.83. The van der Waals surface area contributed by atoms with Crippen molar-refractivity contribution in [1.82, 2.24) is 5.32 Å². The molecule has 1 aromatic carbocycles. The highest BCUT2D eigenvalue weighted by atomic mass is 19.1. The maximum Gasteiger partial charge on any atom is 0.333 e. The molecule has 0 aromatic heterocycles. The van der Waals surface area contributed by atoms with Crippen molar-refractivity contribution in [1.29, 1.82) is 0 Å². The van der Waals surface area contributed by atoms with Crippen LogP contribution in [0, 0.1) is 5.82 Å². The molecule has 0 saturated heterocycles. The van der Waals surface area contributed by atoms with Crippen LogP contribution < -0.4 is 5.32 Å². The van der Waals surface area contributed by atoms with Crippen molar-refractivity contribution in [3.05, 3.63) is 47.3 Å². The third-order valence-electron chi connectivity index (χ3n) is 2.95. The minimum Gasteiger partial charge on any atom is -0.466 e. The summed E-state index contributed by atoms with van der Waals surface area (Å²) in [4.78, 5) is 11.4. The first-order valence-corrected chi connectivity index (χ1v) is 6.34. The molecule has 1 rings (SSSR count). The van der Waals surface area contributed by atoms with Crippen molar-refractivity contribution in [3.8, 4) is 0 Å². The van der Waals surface area contributed by atoms with E-state index in [-0.39, 0.29) is 17.8 Å². The standard InChI is InChI=1S/C15H20FNO2/c1-4-12(15(18)19-3)8-9-17-11(2)13-6-5-7-14(16)10-13/h5-8,10-11,17H,4,9H2,1-3H3/b12-8-/t11-/m1/s1. The summed E-state index contributed by atoms with van der Waals surface area (Å²) in [6.45, 7) is 4.39. The Morgan fingerprint density at radius 1 is 1.53 bits per heavy atom. The van der Waals surface area contributed by atoms with Crippen LogP contribution in [0.3, 0.4) is 0 Å². The number of carbonyl (C=O) groups excluding carboxylic acids is 1. The minimum absolute atomic E-state index is 0.0164. The molecule has 0 aliphatic rings. The van der Waals surface area contributed by atoms with Crippen LogP contribution in [0.15, 0.2) is 35.9 Å². The van der Waals surface area contributed by atoms with E-state index in [1.165, 1.54) is 19.2 Å². The van der Waals surface area contributed by atoms with E-state index >= 15 is 0 Å². The van der Waals surface area contributed by atoms with Gasteiger partial charge in [-0.25, -0.2) is 9.18 Å². The molecule has 0 aliphatic heterocycles. The Hall–Kier alpha value is -1.68. The Bertz CT molecular complexity index is 457. The predicted molar refractivity (Wildman–Crippen MR) is 73.2 cm³/mol. The molecule has 104 valence electrons. The maximum atomic E-state index is 13.1. The van der Waals surface area contributed by atoms with E-state index in [0.717, 1.165) is 5.56 Å². The van der Waals surface area contributed by atoms with E-state index in [0.29, 0.717) is 18.5 Å². The van der Waals surface area contributed by atoms with Gasteiger partial charge in [-0.15, -0.1) is 0 Å². The molecular weight excluding hydrogens is 245 g/mol. The van der Waals surface area contributed by atoms with Gasteiger partial charge in [0.05, 0.1) is 7.11 Å². The number of halogens is 1. The summed E-state index contributed by atoms with van der Waals surface area (Å²) in [6.07, 6.45) is 2.43. The first-order valence-electron chi connectivity index (χ1n) is 6.34. The van der Waals surface area contributed by atoms with Crippen LogP contribution in [0.4, 0.5) is 4.39 Å². The Balaban J connectivity index is 2.57. The quantitative estimate of drug-likeness (QED) is 0.635. The average molecular weight is 265 g/mol. The molecule has 19 heavy (non-hydrogen) atoms. The number of hydrogen-bond donors (Lipinski definition) is 1. The summed E-state index contributed by atoms with van der Waals surface area (Å²) in [5.74, 6) is -0.548. The van der Waals surface area contributed by atoms with Gasteiger partial charge in [0.1, 0.15) is 5.82 Å².